The first-order valence-electron chi connectivity index (χ1n) is 10.6. The molecule has 0 aliphatic heterocycles. The van der Waals surface area contributed by atoms with E-state index in [4.69, 9.17) is 4.98 Å². The van der Waals surface area contributed by atoms with Crippen molar-refractivity contribution in [1.82, 2.24) is 20.2 Å². The fourth-order valence-electron chi connectivity index (χ4n) is 4.06. The fourth-order valence-corrected chi connectivity index (χ4v) is 6.29. The van der Waals surface area contributed by atoms with E-state index in [-0.39, 0.29) is 5.56 Å². The molecule has 32 heavy (non-hydrogen) atoms. The van der Waals surface area contributed by atoms with Crippen molar-refractivity contribution < 1.29 is 9.59 Å². The van der Waals surface area contributed by atoms with Gasteiger partial charge in [-0.25, -0.2) is 9.78 Å². The van der Waals surface area contributed by atoms with Crippen molar-refractivity contribution in [3.05, 3.63) is 50.1 Å². The summed E-state index contributed by atoms with van der Waals surface area (Å²) in [6.07, 6.45) is 4.09. The van der Waals surface area contributed by atoms with Crippen molar-refractivity contribution >= 4 is 45.3 Å². The Hall–Kier alpha value is -2.65. The molecule has 0 spiro atoms. The zero-order valence-electron chi connectivity index (χ0n) is 18.6. The number of carbonyl (C=O) groups is 2. The van der Waals surface area contributed by atoms with Crippen LogP contribution < -0.4 is 16.2 Å². The highest BCUT2D eigenvalue weighted by Crippen LogP contribution is 2.36. The quantitative estimate of drug-likeness (QED) is 0.446. The summed E-state index contributed by atoms with van der Waals surface area (Å²) in [5.74, 6) is -0.443. The first kappa shape index (κ1) is 22.5. The molecule has 9 heteroatoms. The maximum atomic E-state index is 13.8. The molecule has 1 aromatic carbocycles. The number of rotatable bonds is 4. The number of benzene rings is 1. The number of imide groups is 1. The number of amides is 3. The van der Waals surface area contributed by atoms with Crippen molar-refractivity contribution in [2.75, 3.05) is 7.05 Å². The average molecular weight is 471 g/mol. The molecular formula is C23H26N4O3S2. The molecule has 1 aliphatic carbocycles. The summed E-state index contributed by atoms with van der Waals surface area (Å²) >= 11 is 2.76. The summed E-state index contributed by atoms with van der Waals surface area (Å²) in [5, 5.41) is 5.20. The highest BCUT2D eigenvalue weighted by Gasteiger charge is 2.25. The number of nitrogens with one attached hydrogen (secondary N) is 2. The molecule has 0 fully saturated rings. The lowest BCUT2D eigenvalue weighted by atomic mass is 9.97. The van der Waals surface area contributed by atoms with Crippen LogP contribution in [0.25, 0.3) is 15.9 Å². The van der Waals surface area contributed by atoms with Gasteiger partial charge in [0.2, 0.25) is 5.91 Å². The van der Waals surface area contributed by atoms with Crippen molar-refractivity contribution in [3.63, 3.8) is 0 Å². The number of hydrogen-bond acceptors (Lipinski definition) is 6. The normalized spacial score (nSPS) is 14.1. The second kappa shape index (κ2) is 9.07. The summed E-state index contributed by atoms with van der Waals surface area (Å²) in [6, 6.07) is 5.41. The van der Waals surface area contributed by atoms with Gasteiger partial charge in [0.1, 0.15) is 4.83 Å². The van der Waals surface area contributed by atoms with Crippen LogP contribution in [0.15, 0.2) is 28.2 Å². The molecule has 2 heterocycles. The van der Waals surface area contributed by atoms with Gasteiger partial charge in [0, 0.05) is 11.9 Å². The van der Waals surface area contributed by atoms with Crippen molar-refractivity contribution in [2.45, 2.75) is 56.9 Å². The lowest BCUT2D eigenvalue weighted by Crippen LogP contribution is -2.41. The number of thioether (sulfide) groups is 1. The Bertz CT molecular complexity index is 1260. The van der Waals surface area contributed by atoms with Gasteiger partial charge < -0.3 is 5.32 Å². The molecule has 1 unspecified atom stereocenters. The largest absolute Gasteiger partial charge is 0.341 e. The molecule has 0 bridgehead atoms. The predicted molar refractivity (Wildman–Crippen MR) is 129 cm³/mol. The van der Waals surface area contributed by atoms with Gasteiger partial charge in [0.05, 0.1) is 16.3 Å². The van der Waals surface area contributed by atoms with Gasteiger partial charge in [-0.3, -0.25) is 19.5 Å². The summed E-state index contributed by atoms with van der Waals surface area (Å²) < 4.78 is 1.62. The minimum absolute atomic E-state index is 0.0965. The van der Waals surface area contributed by atoms with E-state index >= 15 is 0 Å². The van der Waals surface area contributed by atoms with Crippen LogP contribution >= 0.6 is 23.1 Å². The molecular weight excluding hydrogens is 444 g/mol. The summed E-state index contributed by atoms with van der Waals surface area (Å²) in [4.78, 5) is 44.7. The number of urea groups is 1. The van der Waals surface area contributed by atoms with E-state index < -0.39 is 17.2 Å². The Morgan fingerprint density at radius 1 is 1.16 bits per heavy atom. The molecule has 4 rings (SSSR count). The van der Waals surface area contributed by atoms with Crippen molar-refractivity contribution in [1.29, 1.82) is 0 Å². The van der Waals surface area contributed by atoms with E-state index in [1.807, 2.05) is 26.0 Å². The molecule has 168 valence electrons. The molecule has 0 radical (unpaired) electrons. The van der Waals surface area contributed by atoms with E-state index in [1.165, 1.54) is 23.7 Å². The lowest BCUT2D eigenvalue weighted by Gasteiger charge is -2.17. The SMILES string of the molecule is CNC(=O)NC(=O)C(C)Sc1nc2sc3c(c2c(=O)n1-c1cc(C)cc(C)c1)CCCC3. The first-order valence-corrected chi connectivity index (χ1v) is 12.3. The van der Waals surface area contributed by atoms with Crippen LogP contribution in [0.3, 0.4) is 0 Å². The van der Waals surface area contributed by atoms with Gasteiger partial charge in [-0.2, -0.15) is 0 Å². The van der Waals surface area contributed by atoms with Gasteiger partial charge in [-0.1, -0.05) is 17.8 Å². The first-order chi connectivity index (χ1) is 15.3. The third-order valence-corrected chi connectivity index (χ3v) is 7.78. The molecule has 0 saturated heterocycles. The van der Waals surface area contributed by atoms with E-state index in [0.29, 0.717) is 10.5 Å². The van der Waals surface area contributed by atoms with Crippen molar-refractivity contribution in [3.8, 4) is 5.69 Å². The number of thiophene rings is 1. The van der Waals surface area contributed by atoms with Crippen LogP contribution in [0.5, 0.6) is 0 Å². The average Bonchev–Trinajstić information content (AvgIpc) is 3.11. The van der Waals surface area contributed by atoms with Crippen LogP contribution in [0.2, 0.25) is 0 Å². The highest BCUT2D eigenvalue weighted by atomic mass is 32.2. The van der Waals surface area contributed by atoms with E-state index in [9.17, 15) is 14.4 Å². The van der Waals surface area contributed by atoms with E-state index in [2.05, 4.69) is 16.7 Å². The number of aryl methyl sites for hydroxylation is 4. The van der Waals surface area contributed by atoms with Crippen LogP contribution in [0.1, 0.15) is 41.3 Å². The van der Waals surface area contributed by atoms with Crippen molar-refractivity contribution in [2.24, 2.45) is 0 Å². The van der Waals surface area contributed by atoms with Crippen LogP contribution in [0, 0.1) is 13.8 Å². The summed E-state index contributed by atoms with van der Waals surface area (Å²) in [5.41, 5.74) is 3.86. The van der Waals surface area contributed by atoms with Crippen LogP contribution in [-0.4, -0.2) is 33.8 Å². The van der Waals surface area contributed by atoms with E-state index in [0.717, 1.165) is 52.9 Å². The predicted octanol–water partition coefficient (Wildman–Crippen LogP) is 3.88. The molecule has 3 aromatic rings. The molecule has 1 atom stereocenters. The Labute approximate surface area is 194 Å². The van der Waals surface area contributed by atoms with E-state index in [1.54, 1.807) is 22.8 Å². The smallest absolute Gasteiger partial charge is 0.321 e. The van der Waals surface area contributed by atoms with Gasteiger partial charge >= 0.3 is 6.03 Å². The van der Waals surface area contributed by atoms with Gasteiger partial charge in [-0.15, -0.1) is 11.3 Å². The molecule has 1 aliphatic rings. The number of hydrogen-bond donors (Lipinski definition) is 2. The number of nitrogens with zero attached hydrogens (tertiary/aromatic N) is 2. The standard InChI is InChI=1S/C23H26N4O3S2/c1-12-9-13(2)11-15(10-12)27-21(29)18-16-7-5-6-8-17(16)32-20(18)26-23(27)31-14(3)19(28)25-22(30)24-4/h9-11,14H,5-8H2,1-4H3,(H2,24,25,28,30). The maximum absolute atomic E-state index is 13.8. The van der Waals surface area contributed by atoms with Crippen LogP contribution in [-0.2, 0) is 17.6 Å². The second-order valence-electron chi connectivity index (χ2n) is 8.10. The zero-order valence-corrected chi connectivity index (χ0v) is 20.2. The second-order valence-corrected chi connectivity index (χ2v) is 10.5. The zero-order chi connectivity index (χ0) is 23.0. The number of carbonyl (C=O) groups excluding carboxylic acids is 2. The Balaban J connectivity index is 1.87. The number of fused-ring (bicyclic) bond motifs is 3. The summed E-state index contributed by atoms with van der Waals surface area (Å²) in [6.45, 7) is 5.68. The molecule has 2 N–H and O–H groups in total. The van der Waals surface area contributed by atoms with Gasteiger partial charge in [0.25, 0.3) is 5.56 Å². The minimum atomic E-state index is -0.622. The maximum Gasteiger partial charge on any atom is 0.321 e. The monoisotopic (exact) mass is 470 g/mol. The van der Waals surface area contributed by atoms with Gasteiger partial charge in [-0.05, 0) is 75.3 Å². The third kappa shape index (κ3) is 4.31. The molecule has 2 aromatic heterocycles. The summed E-state index contributed by atoms with van der Waals surface area (Å²) in [7, 11) is 1.45. The minimum Gasteiger partial charge on any atom is -0.341 e. The molecule has 7 nitrogen and oxygen atoms in total. The number of aromatic nitrogens is 2. The molecule has 0 saturated carbocycles. The third-order valence-electron chi connectivity index (χ3n) is 5.54. The molecule has 3 amide bonds. The Kier molecular flexibility index (Phi) is 6.39. The fraction of sp³-hybridized carbons (Fsp3) is 0.391. The van der Waals surface area contributed by atoms with Gasteiger partial charge in [0.15, 0.2) is 5.16 Å². The topological polar surface area (TPSA) is 93.1 Å². The Morgan fingerprint density at radius 2 is 1.84 bits per heavy atom. The van der Waals surface area contributed by atoms with Crippen LogP contribution in [0.4, 0.5) is 4.79 Å². The lowest BCUT2D eigenvalue weighted by molar-refractivity contribution is -0.119. The highest BCUT2D eigenvalue weighted by molar-refractivity contribution is 8.00. The Morgan fingerprint density at radius 3 is 2.53 bits per heavy atom.